The van der Waals surface area contributed by atoms with Crippen LogP contribution in [0.1, 0.15) is 12.5 Å². The predicted molar refractivity (Wildman–Crippen MR) is 74.3 cm³/mol. The molecule has 0 radical (unpaired) electrons. The lowest BCUT2D eigenvalue weighted by molar-refractivity contribution is 0.163. The third-order valence-corrected chi connectivity index (χ3v) is 3.50. The molecule has 0 aliphatic heterocycles. The van der Waals surface area contributed by atoms with Gasteiger partial charge in [-0.2, -0.15) is 0 Å². The van der Waals surface area contributed by atoms with E-state index in [0.717, 1.165) is 6.07 Å². The van der Waals surface area contributed by atoms with Gasteiger partial charge in [0.15, 0.2) is 0 Å². The quantitative estimate of drug-likeness (QED) is 0.606. The Kier molecular flexibility index (Phi) is 6.45. The van der Waals surface area contributed by atoms with E-state index < -0.39 is 15.8 Å². The van der Waals surface area contributed by atoms with E-state index in [1.807, 2.05) is 0 Å². The summed E-state index contributed by atoms with van der Waals surface area (Å²) in [6, 6.07) is 3.79. The number of hydrogen-bond donors (Lipinski definition) is 2. The van der Waals surface area contributed by atoms with Crippen LogP contribution >= 0.6 is 0 Å². The highest BCUT2D eigenvalue weighted by atomic mass is 32.2. The molecule has 0 spiro atoms. The van der Waals surface area contributed by atoms with Crippen LogP contribution in [0.5, 0.6) is 0 Å². The van der Waals surface area contributed by atoms with Crippen LogP contribution in [-0.2, 0) is 14.8 Å². The Morgan fingerprint density at radius 2 is 2.20 bits per heavy atom. The molecule has 0 unspecified atom stereocenters. The molecule has 1 aromatic rings. The lowest BCUT2D eigenvalue weighted by Gasteiger charge is -2.08. The van der Waals surface area contributed by atoms with Crippen molar-refractivity contribution in [1.82, 2.24) is 0 Å². The zero-order valence-corrected chi connectivity index (χ0v) is 11.8. The number of halogens is 1. The molecule has 0 aliphatic carbocycles. The topological polar surface area (TPSA) is 75.6 Å². The minimum absolute atomic E-state index is 0.0778. The van der Waals surface area contributed by atoms with Gasteiger partial charge in [-0.3, -0.25) is 4.72 Å². The molecule has 20 heavy (non-hydrogen) atoms. The maximum absolute atomic E-state index is 13.6. The summed E-state index contributed by atoms with van der Waals surface area (Å²) in [6.07, 6.45) is 0. The monoisotopic (exact) mass is 301 g/mol. The summed E-state index contributed by atoms with van der Waals surface area (Å²) in [5.74, 6) is 3.88. The van der Waals surface area contributed by atoms with E-state index in [-0.39, 0.29) is 30.2 Å². The second-order valence-electron chi connectivity index (χ2n) is 3.77. The van der Waals surface area contributed by atoms with Crippen LogP contribution in [0.3, 0.4) is 0 Å². The van der Waals surface area contributed by atoms with Crippen molar-refractivity contribution in [2.45, 2.75) is 6.92 Å². The maximum atomic E-state index is 13.6. The molecule has 5 nitrogen and oxygen atoms in total. The lowest BCUT2D eigenvalue weighted by atomic mass is 10.2. The van der Waals surface area contributed by atoms with Gasteiger partial charge >= 0.3 is 0 Å². The van der Waals surface area contributed by atoms with Crippen LogP contribution < -0.4 is 4.72 Å². The van der Waals surface area contributed by atoms with Gasteiger partial charge in [0.1, 0.15) is 12.4 Å². The number of aliphatic hydroxyl groups is 1. The third kappa shape index (κ3) is 5.57. The Morgan fingerprint density at radius 3 is 2.80 bits per heavy atom. The highest BCUT2D eigenvalue weighted by molar-refractivity contribution is 7.92. The molecule has 110 valence electrons. The van der Waals surface area contributed by atoms with E-state index in [1.165, 1.54) is 12.1 Å². The summed E-state index contributed by atoms with van der Waals surface area (Å²) < 4.78 is 44.2. The van der Waals surface area contributed by atoms with Crippen molar-refractivity contribution < 1.29 is 22.7 Å². The Hall–Kier alpha value is -1.62. The average Bonchev–Trinajstić information content (AvgIpc) is 2.37. The van der Waals surface area contributed by atoms with Crippen LogP contribution in [-0.4, -0.2) is 39.1 Å². The fraction of sp³-hybridized carbons (Fsp3) is 0.385. The molecule has 0 amide bonds. The van der Waals surface area contributed by atoms with Crippen LogP contribution in [0.4, 0.5) is 10.1 Å². The van der Waals surface area contributed by atoms with Gasteiger partial charge in [-0.25, -0.2) is 12.8 Å². The van der Waals surface area contributed by atoms with E-state index in [4.69, 9.17) is 9.84 Å². The van der Waals surface area contributed by atoms with Crippen molar-refractivity contribution in [2.24, 2.45) is 0 Å². The van der Waals surface area contributed by atoms with Gasteiger partial charge < -0.3 is 9.84 Å². The molecule has 0 bridgehead atoms. The van der Waals surface area contributed by atoms with Crippen molar-refractivity contribution in [2.75, 3.05) is 30.3 Å². The van der Waals surface area contributed by atoms with Gasteiger partial charge in [-0.1, -0.05) is 11.8 Å². The van der Waals surface area contributed by atoms with E-state index in [2.05, 4.69) is 16.6 Å². The number of benzene rings is 1. The van der Waals surface area contributed by atoms with E-state index in [9.17, 15) is 12.8 Å². The smallest absolute Gasteiger partial charge is 0.235 e. The molecule has 0 saturated heterocycles. The summed E-state index contributed by atoms with van der Waals surface area (Å²) in [5, 5.41) is 8.53. The molecule has 0 aliphatic rings. The SMILES string of the molecule is CCOCCS(=O)(=O)Nc1ccc(C#CCO)c(F)c1. The maximum Gasteiger partial charge on any atom is 0.235 e. The lowest BCUT2D eigenvalue weighted by Crippen LogP contribution is -2.20. The molecule has 7 heteroatoms. The number of anilines is 1. The Morgan fingerprint density at radius 1 is 1.45 bits per heavy atom. The second kappa shape index (κ2) is 7.85. The summed E-state index contributed by atoms with van der Waals surface area (Å²) in [6.45, 7) is 1.91. The van der Waals surface area contributed by atoms with Crippen LogP contribution in [0.25, 0.3) is 0 Å². The fourth-order valence-corrected chi connectivity index (χ4v) is 2.28. The minimum atomic E-state index is -3.57. The normalized spacial score (nSPS) is 10.8. The highest BCUT2D eigenvalue weighted by Crippen LogP contribution is 2.15. The Labute approximate surface area is 117 Å². The second-order valence-corrected chi connectivity index (χ2v) is 5.61. The Bertz CT molecular complexity index is 605. The van der Waals surface area contributed by atoms with Crippen molar-refractivity contribution in [3.05, 3.63) is 29.6 Å². The number of hydrogen-bond acceptors (Lipinski definition) is 4. The molecule has 1 aromatic carbocycles. The molecule has 0 saturated carbocycles. The van der Waals surface area contributed by atoms with E-state index >= 15 is 0 Å². The minimum Gasteiger partial charge on any atom is -0.384 e. The number of nitrogens with one attached hydrogen (secondary N) is 1. The first kappa shape index (κ1) is 16.4. The zero-order chi connectivity index (χ0) is 15.0. The molecule has 0 fully saturated rings. The predicted octanol–water partition coefficient (Wildman–Crippen LogP) is 0.948. The van der Waals surface area contributed by atoms with Crippen molar-refractivity contribution in [3.63, 3.8) is 0 Å². The summed E-state index contributed by atoms with van der Waals surface area (Å²) in [4.78, 5) is 0. The van der Waals surface area contributed by atoms with Gasteiger partial charge in [-0.05, 0) is 25.1 Å². The summed E-state index contributed by atoms with van der Waals surface area (Å²) in [5.41, 5.74) is 0.213. The zero-order valence-electron chi connectivity index (χ0n) is 11.0. The van der Waals surface area contributed by atoms with Gasteiger partial charge in [0.05, 0.1) is 23.6 Å². The van der Waals surface area contributed by atoms with Gasteiger partial charge in [0.2, 0.25) is 10.0 Å². The largest absolute Gasteiger partial charge is 0.384 e. The average molecular weight is 301 g/mol. The summed E-state index contributed by atoms with van der Waals surface area (Å²) >= 11 is 0. The third-order valence-electron chi connectivity index (χ3n) is 2.25. The first-order valence-corrected chi connectivity index (χ1v) is 7.61. The number of aliphatic hydroxyl groups excluding tert-OH is 1. The van der Waals surface area contributed by atoms with E-state index in [0.29, 0.717) is 6.61 Å². The highest BCUT2D eigenvalue weighted by Gasteiger charge is 2.11. The number of ether oxygens (including phenoxy) is 1. The molecule has 2 N–H and O–H groups in total. The summed E-state index contributed by atoms with van der Waals surface area (Å²) in [7, 11) is -3.57. The standard InChI is InChI=1S/C13H16FNO4S/c1-2-19-8-9-20(17,18)15-12-6-5-11(4-3-7-16)13(14)10-12/h5-6,10,15-16H,2,7-9H2,1H3. The molecular weight excluding hydrogens is 285 g/mol. The molecule has 0 heterocycles. The first-order chi connectivity index (χ1) is 9.48. The van der Waals surface area contributed by atoms with Crippen molar-refractivity contribution in [1.29, 1.82) is 0 Å². The van der Waals surface area contributed by atoms with Gasteiger partial charge in [0.25, 0.3) is 0 Å². The molecular formula is C13H16FNO4S. The van der Waals surface area contributed by atoms with E-state index in [1.54, 1.807) is 6.92 Å². The van der Waals surface area contributed by atoms with Crippen molar-refractivity contribution in [3.8, 4) is 11.8 Å². The first-order valence-electron chi connectivity index (χ1n) is 5.96. The Balaban J connectivity index is 2.76. The molecule has 0 aromatic heterocycles. The fourth-order valence-electron chi connectivity index (χ4n) is 1.36. The van der Waals surface area contributed by atoms with Gasteiger partial charge in [0, 0.05) is 6.61 Å². The van der Waals surface area contributed by atoms with Gasteiger partial charge in [-0.15, -0.1) is 0 Å². The molecule has 1 rings (SSSR count). The van der Waals surface area contributed by atoms with Crippen LogP contribution in [0.2, 0.25) is 0 Å². The molecule has 0 atom stereocenters. The van der Waals surface area contributed by atoms with Crippen LogP contribution in [0.15, 0.2) is 18.2 Å². The number of sulfonamides is 1. The van der Waals surface area contributed by atoms with Crippen LogP contribution in [0, 0.1) is 17.7 Å². The van der Waals surface area contributed by atoms with Crippen molar-refractivity contribution >= 4 is 15.7 Å². The number of rotatable bonds is 6.